The molecule has 1 rings (SSSR count). The van der Waals surface area contributed by atoms with E-state index in [1.807, 2.05) is 13.8 Å². The molecule has 0 aromatic carbocycles. The van der Waals surface area contributed by atoms with Crippen LogP contribution in [0.3, 0.4) is 0 Å². The van der Waals surface area contributed by atoms with Crippen molar-refractivity contribution in [3.63, 3.8) is 0 Å². The van der Waals surface area contributed by atoms with E-state index < -0.39 is 6.10 Å². The number of amides is 1. The standard InChI is InChI=1S/C11H16ClNO3/c1-7(2)13(6-8(3)14)11(15)9-4-5-10(12)16-9/h4-5,7-8,14H,6H2,1-3H3. The maximum atomic E-state index is 12.0. The molecule has 16 heavy (non-hydrogen) atoms. The maximum Gasteiger partial charge on any atom is 0.289 e. The van der Waals surface area contributed by atoms with Gasteiger partial charge in [0.2, 0.25) is 0 Å². The van der Waals surface area contributed by atoms with Crippen LogP contribution in [-0.2, 0) is 0 Å². The van der Waals surface area contributed by atoms with Crippen molar-refractivity contribution >= 4 is 17.5 Å². The van der Waals surface area contributed by atoms with E-state index in [2.05, 4.69) is 0 Å². The number of furan rings is 1. The van der Waals surface area contributed by atoms with Crippen LogP contribution in [0.25, 0.3) is 0 Å². The van der Waals surface area contributed by atoms with Crippen molar-refractivity contribution in [2.24, 2.45) is 0 Å². The average Bonchev–Trinajstić information content (AvgIpc) is 2.59. The molecular weight excluding hydrogens is 230 g/mol. The maximum absolute atomic E-state index is 12.0. The summed E-state index contributed by atoms with van der Waals surface area (Å²) < 4.78 is 5.05. The largest absolute Gasteiger partial charge is 0.440 e. The van der Waals surface area contributed by atoms with Crippen LogP contribution in [0.15, 0.2) is 16.5 Å². The molecular formula is C11H16ClNO3. The highest BCUT2D eigenvalue weighted by Gasteiger charge is 2.22. The first-order valence-electron chi connectivity index (χ1n) is 5.16. The molecule has 0 aliphatic carbocycles. The fraction of sp³-hybridized carbons (Fsp3) is 0.545. The molecule has 0 spiro atoms. The van der Waals surface area contributed by atoms with Crippen molar-refractivity contribution in [3.05, 3.63) is 23.1 Å². The predicted molar refractivity (Wildman–Crippen MR) is 61.6 cm³/mol. The number of aliphatic hydroxyl groups excluding tert-OH is 1. The van der Waals surface area contributed by atoms with E-state index in [4.69, 9.17) is 16.0 Å². The zero-order valence-corrected chi connectivity index (χ0v) is 10.4. The van der Waals surface area contributed by atoms with Gasteiger partial charge < -0.3 is 14.4 Å². The van der Waals surface area contributed by atoms with Crippen molar-refractivity contribution in [1.82, 2.24) is 4.90 Å². The van der Waals surface area contributed by atoms with Crippen molar-refractivity contribution in [3.8, 4) is 0 Å². The van der Waals surface area contributed by atoms with Crippen LogP contribution >= 0.6 is 11.6 Å². The Bertz CT molecular complexity index is 360. The highest BCUT2D eigenvalue weighted by Crippen LogP contribution is 2.16. The highest BCUT2D eigenvalue weighted by atomic mass is 35.5. The SMILES string of the molecule is CC(O)CN(C(=O)c1ccc(Cl)o1)C(C)C. The minimum Gasteiger partial charge on any atom is -0.440 e. The van der Waals surface area contributed by atoms with Crippen LogP contribution in [0.1, 0.15) is 31.3 Å². The van der Waals surface area contributed by atoms with Gasteiger partial charge in [0.25, 0.3) is 5.91 Å². The summed E-state index contributed by atoms with van der Waals surface area (Å²) in [6, 6.07) is 3.04. The molecule has 0 fully saturated rings. The molecule has 0 saturated carbocycles. The van der Waals surface area contributed by atoms with E-state index in [1.54, 1.807) is 11.8 Å². The Morgan fingerprint density at radius 1 is 1.50 bits per heavy atom. The van der Waals surface area contributed by atoms with Gasteiger partial charge in [-0.05, 0) is 44.5 Å². The second kappa shape index (κ2) is 5.37. The van der Waals surface area contributed by atoms with Crippen LogP contribution in [-0.4, -0.2) is 34.6 Å². The van der Waals surface area contributed by atoms with Crippen LogP contribution in [0.4, 0.5) is 0 Å². The Morgan fingerprint density at radius 3 is 2.50 bits per heavy atom. The molecule has 1 atom stereocenters. The van der Waals surface area contributed by atoms with Gasteiger partial charge in [0.15, 0.2) is 11.0 Å². The van der Waals surface area contributed by atoms with Gasteiger partial charge in [-0.2, -0.15) is 0 Å². The quantitative estimate of drug-likeness (QED) is 0.885. The minimum atomic E-state index is -0.572. The summed E-state index contributed by atoms with van der Waals surface area (Å²) in [7, 11) is 0. The summed E-state index contributed by atoms with van der Waals surface area (Å²) >= 11 is 5.61. The van der Waals surface area contributed by atoms with Gasteiger partial charge in [0.05, 0.1) is 6.10 Å². The third-order valence-electron chi connectivity index (χ3n) is 2.13. The van der Waals surface area contributed by atoms with Gasteiger partial charge in [-0.25, -0.2) is 0 Å². The second-order valence-corrected chi connectivity index (χ2v) is 4.38. The molecule has 90 valence electrons. The summed E-state index contributed by atoms with van der Waals surface area (Å²) in [5.41, 5.74) is 0. The van der Waals surface area contributed by atoms with E-state index in [9.17, 15) is 9.90 Å². The number of rotatable bonds is 4. The molecule has 0 aliphatic heterocycles. The van der Waals surface area contributed by atoms with E-state index in [-0.39, 0.29) is 29.5 Å². The van der Waals surface area contributed by atoms with Gasteiger partial charge >= 0.3 is 0 Å². The molecule has 1 aromatic heterocycles. The van der Waals surface area contributed by atoms with E-state index in [0.29, 0.717) is 0 Å². The number of carbonyl (C=O) groups excluding carboxylic acids is 1. The topological polar surface area (TPSA) is 53.7 Å². The molecule has 1 N–H and O–H groups in total. The van der Waals surface area contributed by atoms with Gasteiger partial charge in [-0.3, -0.25) is 4.79 Å². The lowest BCUT2D eigenvalue weighted by molar-refractivity contribution is 0.0549. The van der Waals surface area contributed by atoms with Crippen molar-refractivity contribution in [2.45, 2.75) is 32.9 Å². The Kier molecular flexibility index (Phi) is 4.38. The Balaban J connectivity index is 2.83. The molecule has 1 unspecified atom stereocenters. The lowest BCUT2D eigenvalue weighted by Gasteiger charge is -2.26. The summed E-state index contributed by atoms with van der Waals surface area (Å²) in [6.07, 6.45) is -0.572. The second-order valence-electron chi connectivity index (χ2n) is 4.00. The van der Waals surface area contributed by atoms with Crippen LogP contribution < -0.4 is 0 Å². The summed E-state index contributed by atoms with van der Waals surface area (Å²) in [4.78, 5) is 13.5. The zero-order chi connectivity index (χ0) is 12.3. The van der Waals surface area contributed by atoms with Gasteiger partial charge in [-0.15, -0.1) is 0 Å². The van der Waals surface area contributed by atoms with Crippen LogP contribution in [0.5, 0.6) is 0 Å². The first kappa shape index (κ1) is 13.1. The average molecular weight is 246 g/mol. The Morgan fingerprint density at radius 2 is 2.12 bits per heavy atom. The molecule has 0 aliphatic rings. The van der Waals surface area contributed by atoms with Crippen molar-refractivity contribution in [2.75, 3.05) is 6.54 Å². The number of hydrogen-bond acceptors (Lipinski definition) is 3. The smallest absolute Gasteiger partial charge is 0.289 e. The Labute approximate surface area is 99.8 Å². The fourth-order valence-electron chi connectivity index (χ4n) is 1.38. The number of aliphatic hydroxyl groups is 1. The number of hydrogen-bond donors (Lipinski definition) is 1. The van der Waals surface area contributed by atoms with Gasteiger partial charge in [-0.1, -0.05) is 0 Å². The van der Waals surface area contributed by atoms with Crippen molar-refractivity contribution in [1.29, 1.82) is 0 Å². The molecule has 5 heteroatoms. The van der Waals surface area contributed by atoms with Gasteiger partial charge in [0.1, 0.15) is 0 Å². The molecule has 0 radical (unpaired) electrons. The van der Waals surface area contributed by atoms with E-state index in [1.165, 1.54) is 12.1 Å². The first-order valence-corrected chi connectivity index (χ1v) is 5.54. The molecule has 0 saturated heterocycles. The normalized spacial score (nSPS) is 12.9. The molecule has 0 bridgehead atoms. The minimum absolute atomic E-state index is 0.00836. The molecule has 1 amide bonds. The van der Waals surface area contributed by atoms with Gasteiger partial charge in [0, 0.05) is 12.6 Å². The summed E-state index contributed by atoms with van der Waals surface area (Å²) in [5.74, 6) is -0.0675. The van der Waals surface area contributed by atoms with Crippen LogP contribution in [0, 0.1) is 0 Å². The zero-order valence-electron chi connectivity index (χ0n) is 9.61. The highest BCUT2D eigenvalue weighted by molar-refractivity contribution is 6.29. The molecule has 4 nitrogen and oxygen atoms in total. The number of halogens is 1. The third kappa shape index (κ3) is 3.25. The fourth-order valence-corrected chi connectivity index (χ4v) is 1.53. The Hall–Kier alpha value is -1.00. The third-order valence-corrected chi connectivity index (χ3v) is 2.33. The first-order chi connectivity index (χ1) is 7.41. The van der Waals surface area contributed by atoms with E-state index in [0.717, 1.165) is 0 Å². The van der Waals surface area contributed by atoms with Crippen molar-refractivity contribution < 1.29 is 14.3 Å². The molecule has 1 heterocycles. The number of carbonyl (C=O) groups is 1. The summed E-state index contributed by atoms with van der Waals surface area (Å²) in [6.45, 7) is 5.67. The monoisotopic (exact) mass is 245 g/mol. The predicted octanol–water partition coefficient (Wildman–Crippen LogP) is 2.16. The number of nitrogens with zero attached hydrogens (tertiary/aromatic N) is 1. The van der Waals surface area contributed by atoms with Crippen LogP contribution in [0.2, 0.25) is 5.22 Å². The lowest BCUT2D eigenvalue weighted by atomic mass is 10.2. The molecule has 1 aromatic rings. The lowest BCUT2D eigenvalue weighted by Crippen LogP contribution is -2.41. The van der Waals surface area contributed by atoms with E-state index >= 15 is 0 Å². The summed E-state index contributed by atoms with van der Waals surface area (Å²) in [5, 5.41) is 9.51.